The van der Waals surface area contributed by atoms with Gasteiger partial charge in [-0.25, -0.2) is 4.98 Å². The van der Waals surface area contributed by atoms with Gasteiger partial charge in [-0.3, -0.25) is 0 Å². The topological polar surface area (TPSA) is 40.7 Å². The van der Waals surface area contributed by atoms with Gasteiger partial charge in [-0.1, -0.05) is 18.2 Å². The number of rotatable bonds is 4. The monoisotopic (exact) mass is 243 g/mol. The van der Waals surface area contributed by atoms with Crippen molar-refractivity contribution in [1.29, 1.82) is 0 Å². The average molecular weight is 243 g/mol. The molecule has 0 aliphatic heterocycles. The normalized spacial score (nSPS) is 11.1. The summed E-state index contributed by atoms with van der Waals surface area (Å²) in [6.45, 7) is 1.65. The van der Waals surface area contributed by atoms with Crippen LogP contribution in [0, 0.1) is 0 Å². The van der Waals surface area contributed by atoms with Gasteiger partial charge in [0.25, 0.3) is 0 Å². The number of aromatic amines is 1. The number of hydrogen-bond donors (Lipinski definition) is 2. The van der Waals surface area contributed by atoms with Crippen LogP contribution < -0.4 is 5.32 Å². The highest BCUT2D eigenvalue weighted by Crippen LogP contribution is 2.25. The Hall–Kier alpha value is -1.65. The number of aromatic nitrogens is 2. The lowest BCUT2D eigenvalue weighted by Gasteiger charge is -2.01. The van der Waals surface area contributed by atoms with Gasteiger partial charge in [0, 0.05) is 23.6 Å². The zero-order valence-corrected chi connectivity index (χ0v) is 10.1. The van der Waals surface area contributed by atoms with Crippen LogP contribution in [0.25, 0.3) is 10.1 Å². The zero-order chi connectivity index (χ0) is 11.5. The van der Waals surface area contributed by atoms with Crippen molar-refractivity contribution in [3.8, 4) is 0 Å². The molecule has 3 aromatic rings. The Morgan fingerprint density at radius 1 is 1.24 bits per heavy atom. The number of benzene rings is 1. The van der Waals surface area contributed by atoms with E-state index in [-0.39, 0.29) is 0 Å². The van der Waals surface area contributed by atoms with Gasteiger partial charge in [0.2, 0.25) is 0 Å². The molecule has 0 aliphatic carbocycles. The molecule has 2 N–H and O–H groups in total. The highest BCUT2D eigenvalue weighted by atomic mass is 32.1. The van der Waals surface area contributed by atoms with Gasteiger partial charge < -0.3 is 10.3 Å². The molecule has 0 bridgehead atoms. The number of hydrogen-bond acceptors (Lipinski definition) is 3. The standard InChI is InChI=1S/C13H13N3S/c1-2-4-12-11(3-1)10(9-17-12)7-14-8-13-15-5-6-16-13/h1-6,9,14H,7-8H2,(H,15,16). The van der Waals surface area contributed by atoms with Crippen molar-refractivity contribution >= 4 is 21.4 Å². The SMILES string of the molecule is c1ccc2c(CNCc3ncc[nH]3)csc2c1. The number of fused-ring (bicyclic) bond motifs is 1. The van der Waals surface area contributed by atoms with E-state index in [2.05, 4.69) is 44.9 Å². The summed E-state index contributed by atoms with van der Waals surface area (Å²) < 4.78 is 1.35. The molecule has 0 aliphatic rings. The first-order valence-corrected chi connectivity index (χ1v) is 6.45. The summed E-state index contributed by atoms with van der Waals surface area (Å²) in [5.41, 5.74) is 1.36. The Kier molecular flexibility index (Phi) is 2.90. The van der Waals surface area contributed by atoms with Crippen molar-refractivity contribution in [3.63, 3.8) is 0 Å². The number of H-pyrrole nitrogens is 1. The molecule has 0 fully saturated rings. The second-order valence-electron chi connectivity index (χ2n) is 3.90. The zero-order valence-electron chi connectivity index (χ0n) is 9.31. The lowest BCUT2D eigenvalue weighted by Crippen LogP contribution is -2.13. The molecule has 0 amide bonds. The molecular formula is C13H13N3S. The minimum atomic E-state index is 0.775. The Bertz CT molecular complexity index is 598. The van der Waals surface area contributed by atoms with Crippen LogP contribution >= 0.6 is 11.3 Å². The average Bonchev–Trinajstić information content (AvgIpc) is 2.99. The van der Waals surface area contributed by atoms with Crippen molar-refractivity contribution in [2.45, 2.75) is 13.1 Å². The van der Waals surface area contributed by atoms with Crippen LogP contribution in [0.3, 0.4) is 0 Å². The molecule has 1 aromatic carbocycles. The van der Waals surface area contributed by atoms with Crippen LogP contribution in [-0.4, -0.2) is 9.97 Å². The van der Waals surface area contributed by atoms with Gasteiger partial charge in [-0.15, -0.1) is 11.3 Å². The molecular weight excluding hydrogens is 230 g/mol. The van der Waals surface area contributed by atoms with E-state index in [0.29, 0.717) is 0 Å². The van der Waals surface area contributed by atoms with Crippen molar-refractivity contribution in [2.75, 3.05) is 0 Å². The number of nitrogens with one attached hydrogen (secondary N) is 2. The Morgan fingerprint density at radius 3 is 3.06 bits per heavy atom. The molecule has 3 rings (SSSR count). The third kappa shape index (κ3) is 2.23. The highest BCUT2D eigenvalue weighted by molar-refractivity contribution is 7.17. The molecule has 3 nitrogen and oxygen atoms in total. The molecule has 0 spiro atoms. The molecule has 86 valence electrons. The van der Waals surface area contributed by atoms with Crippen LogP contribution in [0.5, 0.6) is 0 Å². The van der Waals surface area contributed by atoms with Crippen LogP contribution in [-0.2, 0) is 13.1 Å². The summed E-state index contributed by atoms with van der Waals surface area (Å²) in [4.78, 5) is 7.27. The van der Waals surface area contributed by atoms with Crippen molar-refractivity contribution in [1.82, 2.24) is 15.3 Å². The second kappa shape index (κ2) is 4.69. The Labute approximate surface area is 104 Å². The van der Waals surface area contributed by atoms with Crippen LogP contribution in [0.4, 0.5) is 0 Å². The summed E-state index contributed by atoms with van der Waals surface area (Å²) >= 11 is 1.80. The van der Waals surface area contributed by atoms with Crippen LogP contribution in [0.1, 0.15) is 11.4 Å². The molecule has 0 unspecified atom stereocenters. The summed E-state index contributed by atoms with van der Waals surface area (Å²) in [5.74, 6) is 0.976. The molecule has 0 atom stereocenters. The van der Waals surface area contributed by atoms with E-state index in [1.807, 2.05) is 6.20 Å². The maximum absolute atomic E-state index is 4.18. The lowest BCUT2D eigenvalue weighted by atomic mass is 10.2. The number of thiophene rings is 1. The fraction of sp³-hybridized carbons (Fsp3) is 0.154. The molecule has 0 radical (unpaired) electrons. The first-order chi connectivity index (χ1) is 8.43. The van der Waals surface area contributed by atoms with Crippen molar-refractivity contribution in [3.05, 3.63) is 53.4 Å². The van der Waals surface area contributed by atoms with Gasteiger partial charge >= 0.3 is 0 Å². The van der Waals surface area contributed by atoms with E-state index >= 15 is 0 Å². The summed E-state index contributed by atoms with van der Waals surface area (Å²) in [6.07, 6.45) is 3.62. The minimum Gasteiger partial charge on any atom is -0.348 e. The highest BCUT2D eigenvalue weighted by Gasteiger charge is 2.02. The molecule has 4 heteroatoms. The van der Waals surface area contributed by atoms with Gasteiger partial charge in [-0.2, -0.15) is 0 Å². The minimum absolute atomic E-state index is 0.775. The predicted molar refractivity (Wildman–Crippen MR) is 71.0 cm³/mol. The molecule has 17 heavy (non-hydrogen) atoms. The van der Waals surface area contributed by atoms with E-state index in [0.717, 1.165) is 18.9 Å². The fourth-order valence-electron chi connectivity index (χ4n) is 1.88. The lowest BCUT2D eigenvalue weighted by molar-refractivity contribution is 0.672. The Balaban J connectivity index is 1.69. The van der Waals surface area contributed by atoms with Gasteiger partial charge in [-0.05, 0) is 22.4 Å². The number of imidazole rings is 1. The molecule has 2 heterocycles. The third-order valence-electron chi connectivity index (χ3n) is 2.72. The molecule has 0 saturated heterocycles. The van der Waals surface area contributed by atoms with Crippen LogP contribution in [0.15, 0.2) is 42.0 Å². The molecule has 0 saturated carbocycles. The van der Waals surface area contributed by atoms with E-state index < -0.39 is 0 Å². The van der Waals surface area contributed by atoms with E-state index in [9.17, 15) is 0 Å². The van der Waals surface area contributed by atoms with Gasteiger partial charge in [0.15, 0.2) is 0 Å². The fourth-order valence-corrected chi connectivity index (χ4v) is 2.84. The van der Waals surface area contributed by atoms with E-state index in [1.165, 1.54) is 15.6 Å². The largest absolute Gasteiger partial charge is 0.348 e. The quantitative estimate of drug-likeness (QED) is 0.739. The molecule has 2 aromatic heterocycles. The van der Waals surface area contributed by atoms with Crippen molar-refractivity contribution < 1.29 is 0 Å². The van der Waals surface area contributed by atoms with Gasteiger partial charge in [0.05, 0.1) is 6.54 Å². The second-order valence-corrected chi connectivity index (χ2v) is 4.81. The smallest absolute Gasteiger partial charge is 0.120 e. The third-order valence-corrected chi connectivity index (χ3v) is 3.74. The van der Waals surface area contributed by atoms with Gasteiger partial charge in [0.1, 0.15) is 5.82 Å². The summed E-state index contributed by atoms with van der Waals surface area (Å²) in [5, 5.41) is 6.97. The summed E-state index contributed by atoms with van der Waals surface area (Å²) in [7, 11) is 0. The van der Waals surface area contributed by atoms with Crippen LogP contribution in [0.2, 0.25) is 0 Å². The predicted octanol–water partition coefficient (Wildman–Crippen LogP) is 2.91. The Morgan fingerprint density at radius 2 is 2.18 bits per heavy atom. The van der Waals surface area contributed by atoms with Crippen molar-refractivity contribution in [2.24, 2.45) is 0 Å². The summed E-state index contributed by atoms with van der Waals surface area (Å²) in [6, 6.07) is 8.51. The number of nitrogens with zero attached hydrogens (tertiary/aromatic N) is 1. The maximum Gasteiger partial charge on any atom is 0.120 e. The van der Waals surface area contributed by atoms with E-state index in [1.54, 1.807) is 17.5 Å². The maximum atomic E-state index is 4.18. The first-order valence-electron chi connectivity index (χ1n) is 5.57. The van der Waals surface area contributed by atoms with E-state index in [4.69, 9.17) is 0 Å². The first kappa shape index (κ1) is 10.5.